The molecule has 34 heavy (non-hydrogen) atoms. The number of aliphatic carboxylic acids is 1. The Morgan fingerprint density at radius 2 is 1.68 bits per heavy atom. The maximum atomic E-state index is 14.3. The van der Waals surface area contributed by atoms with Gasteiger partial charge in [0.1, 0.15) is 10.6 Å². The van der Waals surface area contributed by atoms with Crippen LogP contribution in [-0.2, 0) is 16.0 Å². The molecule has 2 rings (SSSR count). The fourth-order valence-electron chi connectivity index (χ4n) is 3.61. The maximum Gasteiger partial charge on any atom is 0.319 e. The molecule has 0 atom stereocenters. The monoisotopic (exact) mass is 488 g/mol. The first-order chi connectivity index (χ1) is 15.8. The van der Waals surface area contributed by atoms with Gasteiger partial charge in [0, 0.05) is 18.0 Å². The molecule has 0 bridgehead atoms. The lowest BCUT2D eigenvalue weighted by Crippen LogP contribution is -2.32. The second-order valence-electron chi connectivity index (χ2n) is 10.1. The molecule has 0 fully saturated rings. The van der Waals surface area contributed by atoms with Gasteiger partial charge in [0.2, 0.25) is 5.91 Å². The summed E-state index contributed by atoms with van der Waals surface area (Å²) in [4.78, 5) is 27.6. The number of carboxylic acid groups (broad SMARTS) is 1. The van der Waals surface area contributed by atoms with Crippen molar-refractivity contribution in [1.82, 2.24) is 0 Å². The summed E-state index contributed by atoms with van der Waals surface area (Å²) < 4.78 is 13.3. The first-order valence-electron chi connectivity index (χ1n) is 11.6. The minimum Gasteiger partial charge on any atom is -0.480 e. The molecule has 2 aromatic carbocycles. The highest BCUT2D eigenvalue weighted by Crippen LogP contribution is 2.38. The summed E-state index contributed by atoms with van der Waals surface area (Å²) in [6, 6.07) is 10.5. The third-order valence-corrected chi connectivity index (χ3v) is 6.38. The van der Waals surface area contributed by atoms with Crippen LogP contribution in [0.1, 0.15) is 52.7 Å². The molecule has 2 N–H and O–H groups in total. The molecule has 0 aliphatic carbocycles. The standard InChI is InChI=1S/C27H37FN2O3S/c1-17(2)15-30(16-18(3)4)24-11-10-21(34-27(6,7)26(32)33)14-23(24)29-25(31)13-20-9-8-19(5)12-22(20)28/h8-12,14,17-18H,13,15-16H2,1-7H3,(H,29,31)(H,32,33). The number of halogens is 1. The fraction of sp³-hybridized carbons (Fsp3) is 0.481. The Bertz CT molecular complexity index is 1010. The average molecular weight is 489 g/mol. The normalized spacial score (nSPS) is 11.7. The van der Waals surface area contributed by atoms with Crippen LogP contribution in [0.15, 0.2) is 41.3 Å². The third kappa shape index (κ3) is 8.05. The molecule has 0 spiro atoms. The maximum absolute atomic E-state index is 14.3. The fourth-order valence-corrected chi connectivity index (χ4v) is 4.60. The molecule has 7 heteroatoms. The molecule has 0 aromatic heterocycles. The highest BCUT2D eigenvalue weighted by molar-refractivity contribution is 8.01. The van der Waals surface area contributed by atoms with E-state index in [9.17, 15) is 19.1 Å². The van der Waals surface area contributed by atoms with Crippen LogP contribution < -0.4 is 10.2 Å². The molecule has 0 unspecified atom stereocenters. The van der Waals surface area contributed by atoms with Gasteiger partial charge in [-0.05, 0) is 68.0 Å². The third-order valence-electron chi connectivity index (χ3n) is 5.20. The van der Waals surface area contributed by atoms with Crippen molar-refractivity contribution < 1.29 is 19.1 Å². The van der Waals surface area contributed by atoms with Crippen molar-refractivity contribution in [3.8, 4) is 0 Å². The van der Waals surface area contributed by atoms with E-state index in [0.29, 0.717) is 23.1 Å². The predicted octanol–water partition coefficient (Wildman–Crippen LogP) is 6.39. The average Bonchev–Trinajstić information content (AvgIpc) is 2.68. The summed E-state index contributed by atoms with van der Waals surface area (Å²) in [5, 5.41) is 12.5. The molecule has 0 saturated carbocycles. The quantitative estimate of drug-likeness (QED) is 0.359. The van der Waals surface area contributed by atoms with Crippen LogP contribution >= 0.6 is 11.8 Å². The zero-order valence-electron chi connectivity index (χ0n) is 21.2. The molecule has 5 nitrogen and oxygen atoms in total. The van der Waals surface area contributed by atoms with E-state index < -0.39 is 16.5 Å². The Morgan fingerprint density at radius 3 is 2.21 bits per heavy atom. The molecule has 0 radical (unpaired) electrons. The number of carbonyl (C=O) groups excluding carboxylic acids is 1. The van der Waals surface area contributed by atoms with Crippen LogP contribution in [0.2, 0.25) is 0 Å². The van der Waals surface area contributed by atoms with E-state index in [1.165, 1.54) is 17.8 Å². The summed E-state index contributed by atoms with van der Waals surface area (Å²) in [5.74, 6) is -0.821. The molecule has 1 amide bonds. The van der Waals surface area contributed by atoms with E-state index in [0.717, 1.165) is 29.2 Å². The Kier molecular flexibility index (Phi) is 9.56. The van der Waals surface area contributed by atoms with E-state index in [1.807, 2.05) is 18.2 Å². The summed E-state index contributed by atoms with van der Waals surface area (Å²) >= 11 is 1.22. The smallest absolute Gasteiger partial charge is 0.319 e. The van der Waals surface area contributed by atoms with Gasteiger partial charge in [-0.15, -0.1) is 11.8 Å². The highest BCUT2D eigenvalue weighted by atomic mass is 32.2. The van der Waals surface area contributed by atoms with Gasteiger partial charge in [-0.2, -0.15) is 0 Å². The number of benzene rings is 2. The molecule has 0 saturated heterocycles. The second kappa shape index (κ2) is 11.7. The molecule has 0 heterocycles. The predicted molar refractivity (Wildman–Crippen MR) is 139 cm³/mol. The topological polar surface area (TPSA) is 69.6 Å². The molecule has 0 aliphatic heterocycles. The van der Waals surface area contributed by atoms with Crippen LogP contribution in [0, 0.1) is 24.6 Å². The van der Waals surface area contributed by atoms with E-state index >= 15 is 0 Å². The minimum absolute atomic E-state index is 0.0854. The summed E-state index contributed by atoms with van der Waals surface area (Å²) in [6.07, 6.45) is -0.0854. The van der Waals surface area contributed by atoms with Crippen molar-refractivity contribution in [3.63, 3.8) is 0 Å². The molecular weight excluding hydrogens is 451 g/mol. The Balaban J connectivity index is 2.42. The number of amides is 1. The lowest BCUT2D eigenvalue weighted by molar-refractivity contribution is -0.138. The van der Waals surface area contributed by atoms with Gasteiger partial charge in [0.15, 0.2) is 0 Å². The lowest BCUT2D eigenvalue weighted by atomic mass is 10.1. The summed E-state index contributed by atoms with van der Waals surface area (Å²) in [5.41, 5.74) is 2.61. The summed E-state index contributed by atoms with van der Waals surface area (Å²) in [6.45, 7) is 15.3. The van der Waals surface area contributed by atoms with E-state index in [1.54, 1.807) is 32.9 Å². The number of carbonyl (C=O) groups is 2. The van der Waals surface area contributed by atoms with Crippen LogP contribution in [-0.4, -0.2) is 34.8 Å². The van der Waals surface area contributed by atoms with Gasteiger partial charge in [-0.3, -0.25) is 9.59 Å². The number of hydrogen-bond donors (Lipinski definition) is 2. The van der Waals surface area contributed by atoms with Gasteiger partial charge in [0.05, 0.1) is 17.8 Å². The van der Waals surface area contributed by atoms with Gasteiger partial charge in [0.25, 0.3) is 0 Å². The number of hydrogen-bond acceptors (Lipinski definition) is 4. The molecular formula is C27H37FN2O3S. The van der Waals surface area contributed by atoms with E-state index in [4.69, 9.17) is 0 Å². The Hall–Kier alpha value is -2.54. The van der Waals surface area contributed by atoms with Crippen molar-refractivity contribution in [3.05, 3.63) is 53.3 Å². The van der Waals surface area contributed by atoms with Crippen molar-refractivity contribution in [1.29, 1.82) is 0 Å². The Morgan fingerprint density at radius 1 is 1.06 bits per heavy atom. The van der Waals surface area contributed by atoms with Gasteiger partial charge in [-0.25, -0.2) is 4.39 Å². The van der Waals surface area contributed by atoms with Crippen molar-refractivity contribution in [2.24, 2.45) is 11.8 Å². The molecule has 186 valence electrons. The summed E-state index contributed by atoms with van der Waals surface area (Å²) in [7, 11) is 0. The SMILES string of the molecule is Cc1ccc(CC(=O)Nc2cc(SC(C)(C)C(=O)O)ccc2N(CC(C)C)CC(C)C)c(F)c1. The first kappa shape index (κ1) is 27.7. The van der Waals surface area contributed by atoms with Crippen LogP contribution in [0.25, 0.3) is 0 Å². The van der Waals surface area contributed by atoms with Gasteiger partial charge < -0.3 is 15.3 Å². The van der Waals surface area contributed by atoms with Crippen LogP contribution in [0.3, 0.4) is 0 Å². The van der Waals surface area contributed by atoms with E-state index in [-0.39, 0.29) is 12.3 Å². The number of nitrogens with zero attached hydrogens (tertiary/aromatic N) is 1. The highest BCUT2D eigenvalue weighted by Gasteiger charge is 2.29. The van der Waals surface area contributed by atoms with Gasteiger partial charge in [-0.1, -0.05) is 39.8 Å². The van der Waals surface area contributed by atoms with Crippen molar-refractivity contribution >= 4 is 35.0 Å². The number of nitrogens with one attached hydrogen (secondary N) is 1. The zero-order valence-corrected chi connectivity index (χ0v) is 22.1. The van der Waals surface area contributed by atoms with Crippen molar-refractivity contribution in [2.75, 3.05) is 23.3 Å². The number of anilines is 2. The molecule has 0 aliphatic rings. The number of thioether (sulfide) groups is 1. The number of rotatable bonds is 11. The van der Waals surface area contributed by atoms with Crippen molar-refractivity contribution in [2.45, 2.75) is 64.5 Å². The number of aryl methyl sites for hydroxylation is 1. The Labute approximate surface area is 207 Å². The second-order valence-corrected chi connectivity index (χ2v) is 11.8. The van der Waals surface area contributed by atoms with E-state index in [2.05, 4.69) is 37.9 Å². The largest absolute Gasteiger partial charge is 0.480 e. The zero-order chi connectivity index (χ0) is 25.6. The molecule has 2 aromatic rings. The van der Waals surface area contributed by atoms with Crippen LogP contribution in [0.4, 0.5) is 15.8 Å². The first-order valence-corrected chi connectivity index (χ1v) is 12.5. The lowest BCUT2D eigenvalue weighted by Gasteiger charge is -2.31. The number of carboxylic acids is 1. The van der Waals surface area contributed by atoms with Crippen LogP contribution in [0.5, 0.6) is 0 Å². The van der Waals surface area contributed by atoms with Gasteiger partial charge >= 0.3 is 5.97 Å². The minimum atomic E-state index is -1.02.